The van der Waals surface area contributed by atoms with Crippen molar-refractivity contribution in [3.8, 4) is 0 Å². The Balaban J connectivity index is 2.17. The van der Waals surface area contributed by atoms with Crippen molar-refractivity contribution >= 4 is 6.09 Å². The highest BCUT2D eigenvalue weighted by molar-refractivity contribution is 5.68. The Morgan fingerprint density at radius 3 is 2.68 bits per heavy atom. The van der Waals surface area contributed by atoms with Crippen molar-refractivity contribution in [2.24, 2.45) is 0 Å². The molecule has 1 unspecified atom stereocenters. The van der Waals surface area contributed by atoms with Crippen molar-refractivity contribution in [1.29, 1.82) is 0 Å². The highest BCUT2D eigenvalue weighted by Crippen LogP contribution is 2.34. The zero-order valence-corrected chi connectivity index (χ0v) is 12.3. The molecule has 1 atom stereocenters. The average Bonchev–Trinajstić information content (AvgIpc) is 2.35. The SMILES string of the molecule is CN(C(=O)OC(C)(C)C)C1CCCc2ccccc21. The molecular weight excluding hydrogens is 238 g/mol. The van der Waals surface area contributed by atoms with E-state index in [-0.39, 0.29) is 12.1 Å². The number of hydrogen-bond donors (Lipinski definition) is 0. The van der Waals surface area contributed by atoms with E-state index in [0.717, 1.165) is 19.3 Å². The Morgan fingerprint density at radius 1 is 1.32 bits per heavy atom. The number of hydrogen-bond acceptors (Lipinski definition) is 2. The third kappa shape index (κ3) is 3.28. The zero-order chi connectivity index (χ0) is 14.0. The standard InChI is InChI=1S/C16H23NO2/c1-16(2,3)19-15(18)17(4)14-11-7-9-12-8-5-6-10-13(12)14/h5-6,8,10,14H,7,9,11H2,1-4H3. The fourth-order valence-electron chi connectivity index (χ4n) is 2.59. The van der Waals surface area contributed by atoms with Crippen LogP contribution in [0.4, 0.5) is 4.79 Å². The first-order chi connectivity index (χ1) is 8.88. The summed E-state index contributed by atoms with van der Waals surface area (Å²) in [6.07, 6.45) is 2.99. The minimum absolute atomic E-state index is 0.139. The van der Waals surface area contributed by atoms with Crippen LogP contribution in [0.3, 0.4) is 0 Å². The molecule has 104 valence electrons. The smallest absolute Gasteiger partial charge is 0.410 e. The number of nitrogens with zero attached hydrogens (tertiary/aromatic N) is 1. The summed E-state index contributed by atoms with van der Waals surface area (Å²) >= 11 is 0. The first-order valence-corrected chi connectivity index (χ1v) is 6.92. The Hall–Kier alpha value is -1.51. The fourth-order valence-corrected chi connectivity index (χ4v) is 2.59. The second-order valence-corrected chi connectivity index (χ2v) is 6.20. The lowest BCUT2D eigenvalue weighted by atomic mass is 9.87. The normalized spacial score (nSPS) is 18.6. The maximum Gasteiger partial charge on any atom is 0.410 e. The molecule has 0 aliphatic heterocycles. The highest BCUT2D eigenvalue weighted by Gasteiger charge is 2.29. The molecular formula is C16H23NO2. The summed E-state index contributed by atoms with van der Waals surface area (Å²) in [6.45, 7) is 5.69. The van der Waals surface area contributed by atoms with Gasteiger partial charge in [0.05, 0.1) is 6.04 Å². The first-order valence-electron chi connectivity index (χ1n) is 6.92. The molecule has 1 amide bonds. The largest absolute Gasteiger partial charge is 0.444 e. The minimum atomic E-state index is -0.445. The molecule has 1 aliphatic carbocycles. The predicted molar refractivity (Wildman–Crippen MR) is 76.1 cm³/mol. The number of amides is 1. The van der Waals surface area contributed by atoms with Crippen LogP contribution in [0.5, 0.6) is 0 Å². The van der Waals surface area contributed by atoms with Crippen LogP contribution in [-0.4, -0.2) is 23.6 Å². The molecule has 3 nitrogen and oxygen atoms in total. The van der Waals surface area contributed by atoms with E-state index >= 15 is 0 Å². The van der Waals surface area contributed by atoms with Gasteiger partial charge in [-0.2, -0.15) is 0 Å². The Bertz CT molecular complexity index is 462. The molecule has 0 spiro atoms. The van der Waals surface area contributed by atoms with Crippen LogP contribution in [0.1, 0.15) is 50.8 Å². The summed E-state index contributed by atoms with van der Waals surface area (Å²) in [7, 11) is 1.83. The van der Waals surface area contributed by atoms with Gasteiger partial charge in [-0.05, 0) is 51.2 Å². The van der Waals surface area contributed by atoms with Gasteiger partial charge in [-0.3, -0.25) is 0 Å². The fraction of sp³-hybridized carbons (Fsp3) is 0.562. The first kappa shape index (κ1) is 13.9. The monoisotopic (exact) mass is 261 g/mol. The number of fused-ring (bicyclic) bond motifs is 1. The van der Waals surface area contributed by atoms with Crippen molar-refractivity contribution in [2.45, 2.75) is 51.7 Å². The molecule has 0 aromatic heterocycles. The summed E-state index contributed by atoms with van der Waals surface area (Å²) in [6, 6.07) is 8.53. The summed E-state index contributed by atoms with van der Waals surface area (Å²) < 4.78 is 5.45. The Labute approximate surface area is 115 Å². The number of rotatable bonds is 1. The molecule has 0 saturated carbocycles. The van der Waals surface area contributed by atoms with Gasteiger partial charge in [0.25, 0.3) is 0 Å². The van der Waals surface area contributed by atoms with E-state index in [0.29, 0.717) is 0 Å². The van der Waals surface area contributed by atoms with Crippen LogP contribution in [-0.2, 0) is 11.2 Å². The van der Waals surface area contributed by atoms with E-state index in [9.17, 15) is 4.79 Å². The molecule has 19 heavy (non-hydrogen) atoms. The number of carbonyl (C=O) groups excluding carboxylic acids is 1. The Morgan fingerprint density at radius 2 is 2.00 bits per heavy atom. The third-order valence-corrected chi connectivity index (χ3v) is 3.49. The van der Waals surface area contributed by atoms with Crippen LogP contribution in [0.25, 0.3) is 0 Å². The maximum atomic E-state index is 12.2. The quantitative estimate of drug-likeness (QED) is 0.766. The van der Waals surface area contributed by atoms with Crippen LogP contribution in [0, 0.1) is 0 Å². The minimum Gasteiger partial charge on any atom is -0.444 e. The lowest BCUT2D eigenvalue weighted by molar-refractivity contribution is 0.0204. The lowest BCUT2D eigenvalue weighted by Crippen LogP contribution is -2.37. The average molecular weight is 261 g/mol. The molecule has 0 fully saturated rings. The predicted octanol–water partition coefficient (Wildman–Crippen LogP) is 3.93. The summed E-state index contributed by atoms with van der Waals surface area (Å²) in [5.41, 5.74) is 2.18. The van der Waals surface area contributed by atoms with Gasteiger partial charge in [0.2, 0.25) is 0 Å². The maximum absolute atomic E-state index is 12.2. The molecule has 3 heteroatoms. The van der Waals surface area contributed by atoms with E-state index in [1.54, 1.807) is 4.90 Å². The van der Waals surface area contributed by atoms with Crippen LogP contribution in [0.15, 0.2) is 24.3 Å². The van der Waals surface area contributed by atoms with Gasteiger partial charge < -0.3 is 9.64 Å². The summed E-state index contributed by atoms with van der Waals surface area (Å²) in [4.78, 5) is 13.9. The molecule has 0 N–H and O–H groups in total. The van der Waals surface area contributed by atoms with E-state index in [2.05, 4.69) is 18.2 Å². The Kier molecular flexibility index (Phi) is 3.83. The number of benzene rings is 1. The topological polar surface area (TPSA) is 29.5 Å². The number of carbonyl (C=O) groups is 1. The molecule has 2 rings (SSSR count). The molecule has 0 heterocycles. The summed E-state index contributed by atoms with van der Waals surface area (Å²) in [5.74, 6) is 0. The van der Waals surface area contributed by atoms with E-state index in [1.807, 2.05) is 33.9 Å². The number of aryl methyl sites for hydroxylation is 1. The van der Waals surface area contributed by atoms with Crippen molar-refractivity contribution in [3.63, 3.8) is 0 Å². The van der Waals surface area contributed by atoms with Gasteiger partial charge >= 0.3 is 6.09 Å². The molecule has 1 aromatic carbocycles. The van der Waals surface area contributed by atoms with Gasteiger partial charge in [0.15, 0.2) is 0 Å². The van der Waals surface area contributed by atoms with Crippen molar-refractivity contribution in [2.75, 3.05) is 7.05 Å². The highest BCUT2D eigenvalue weighted by atomic mass is 16.6. The summed E-state index contributed by atoms with van der Waals surface area (Å²) in [5, 5.41) is 0. The van der Waals surface area contributed by atoms with Crippen molar-refractivity contribution < 1.29 is 9.53 Å². The molecule has 0 bridgehead atoms. The van der Waals surface area contributed by atoms with Gasteiger partial charge in [-0.1, -0.05) is 24.3 Å². The molecule has 0 saturated heterocycles. The van der Waals surface area contributed by atoms with E-state index in [1.165, 1.54) is 11.1 Å². The third-order valence-electron chi connectivity index (χ3n) is 3.49. The van der Waals surface area contributed by atoms with Crippen molar-refractivity contribution in [1.82, 2.24) is 4.90 Å². The lowest BCUT2D eigenvalue weighted by Gasteiger charge is -2.34. The number of ether oxygens (including phenoxy) is 1. The van der Waals surface area contributed by atoms with Crippen LogP contribution >= 0.6 is 0 Å². The van der Waals surface area contributed by atoms with Gasteiger partial charge in [-0.15, -0.1) is 0 Å². The van der Waals surface area contributed by atoms with Gasteiger partial charge in [0.1, 0.15) is 5.60 Å². The van der Waals surface area contributed by atoms with Crippen molar-refractivity contribution in [3.05, 3.63) is 35.4 Å². The van der Waals surface area contributed by atoms with Gasteiger partial charge in [0, 0.05) is 7.05 Å². The van der Waals surface area contributed by atoms with Gasteiger partial charge in [-0.25, -0.2) is 4.79 Å². The van der Waals surface area contributed by atoms with E-state index < -0.39 is 5.60 Å². The molecule has 1 aliphatic rings. The van der Waals surface area contributed by atoms with Crippen LogP contribution in [0.2, 0.25) is 0 Å². The van der Waals surface area contributed by atoms with Crippen LogP contribution < -0.4 is 0 Å². The second-order valence-electron chi connectivity index (χ2n) is 6.20. The second kappa shape index (κ2) is 5.24. The zero-order valence-electron chi connectivity index (χ0n) is 12.3. The molecule has 1 aromatic rings. The molecule has 0 radical (unpaired) electrons. The van der Waals surface area contributed by atoms with E-state index in [4.69, 9.17) is 4.74 Å².